The van der Waals surface area contributed by atoms with E-state index in [0.29, 0.717) is 0 Å². The second-order valence-electron chi connectivity index (χ2n) is 7.30. The van der Waals surface area contributed by atoms with Crippen molar-refractivity contribution in [2.24, 2.45) is 4.99 Å². The van der Waals surface area contributed by atoms with E-state index in [1.165, 1.54) is 18.4 Å². The second kappa shape index (κ2) is 8.85. The summed E-state index contributed by atoms with van der Waals surface area (Å²) in [5.41, 5.74) is 1.53. The minimum atomic E-state index is 0.205. The molecular formula is C20H30ClN3OS. The van der Waals surface area contributed by atoms with Crippen LogP contribution in [0.25, 0.3) is 0 Å². The maximum Gasteiger partial charge on any atom is 0.191 e. The number of thioether (sulfide) groups is 1. The summed E-state index contributed by atoms with van der Waals surface area (Å²) in [6, 6.07) is 8.27. The van der Waals surface area contributed by atoms with Gasteiger partial charge in [-0.15, -0.1) is 0 Å². The zero-order chi connectivity index (χ0) is 18.5. The fourth-order valence-electron chi connectivity index (χ4n) is 3.68. The monoisotopic (exact) mass is 395 g/mol. The maximum atomic E-state index is 6.18. The van der Waals surface area contributed by atoms with Crippen molar-refractivity contribution in [3.63, 3.8) is 0 Å². The van der Waals surface area contributed by atoms with Gasteiger partial charge in [-0.25, -0.2) is 0 Å². The van der Waals surface area contributed by atoms with Crippen LogP contribution in [0, 0.1) is 0 Å². The van der Waals surface area contributed by atoms with Crippen molar-refractivity contribution >= 4 is 29.3 Å². The van der Waals surface area contributed by atoms with Crippen molar-refractivity contribution in [3.05, 3.63) is 34.9 Å². The summed E-state index contributed by atoms with van der Waals surface area (Å²) in [5.74, 6) is 2.02. The summed E-state index contributed by atoms with van der Waals surface area (Å²) in [4.78, 5) is 4.43. The first-order chi connectivity index (χ1) is 12.6. The lowest BCUT2D eigenvalue weighted by molar-refractivity contribution is 0.0782. The third-order valence-corrected chi connectivity index (χ3v) is 7.23. The van der Waals surface area contributed by atoms with Gasteiger partial charge in [0.1, 0.15) is 0 Å². The normalized spacial score (nSPS) is 21.3. The number of guanidine groups is 1. The molecule has 0 unspecified atom stereocenters. The maximum absolute atomic E-state index is 6.18. The minimum Gasteiger partial charge on any atom is -0.381 e. The highest BCUT2D eigenvalue weighted by Gasteiger charge is 2.44. The van der Waals surface area contributed by atoms with Gasteiger partial charge in [0.05, 0.1) is 0 Å². The Morgan fingerprint density at radius 3 is 2.54 bits per heavy atom. The van der Waals surface area contributed by atoms with Gasteiger partial charge in [-0.05, 0) is 49.1 Å². The molecule has 0 atom stereocenters. The molecule has 1 aliphatic carbocycles. The van der Waals surface area contributed by atoms with E-state index in [9.17, 15) is 0 Å². The fraction of sp³-hybridized carbons (Fsp3) is 0.650. The summed E-state index contributed by atoms with van der Waals surface area (Å²) in [7, 11) is 1.85. The lowest BCUT2D eigenvalue weighted by atomic mass is 9.96. The fourth-order valence-corrected chi connectivity index (χ4v) is 5.11. The van der Waals surface area contributed by atoms with E-state index in [4.69, 9.17) is 16.3 Å². The van der Waals surface area contributed by atoms with Crippen molar-refractivity contribution < 1.29 is 4.74 Å². The second-order valence-corrected chi connectivity index (χ2v) is 9.47. The molecule has 2 N–H and O–H groups in total. The summed E-state index contributed by atoms with van der Waals surface area (Å²) in [5, 5.41) is 7.92. The van der Waals surface area contributed by atoms with Gasteiger partial charge >= 0.3 is 0 Å². The van der Waals surface area contributed by atoms with E-state index in [-0.39, 0.29) is 10.2 Å². The molecule has 0 amide bonds. The van der Waals surface area contributed by atoms with Crippen LogP contribution >= 0.6 is 23.4 Å². The number of ether oxygens (including phenoxy) is 1. The molecule has 144 valence electrons. The average molecular weight is 396 g/mol. The number of nitrogens with one attached hydrogen (secondary N) is 2. The predicted octanol–water partition coefficient (Wildman–Crippen LogP) is 3.84. The molecule has 1 heterocycles. The van der Waals surface area contributed by atoms with Crippen LogP contribution in [-0.4, -0.2) is 49.8 Å². The van der Waals surface area contributed by atoms with Crippen LogP contribution in [0.15, 0.2) is 29.3 Å². The van der Waals surface area contributed by atoms with Gasteiger partial charge in [-0.2, -0.15) is 11.8 Å². The van der Waals surface area contributed by atoms with E-state index >= 15 is 0 Å². The smallest absolute Gasteiger partial charge is 0.191 e. The van der Waals surface area contributed by atoms with E-state index in [1.807, 2.05) is 30.9 Å². The van der Waals surface area contributed by atoms with Crippen LogP contribution in [0.3, 0.4) is 0 Å². The number of halogens is 1. The Labute approximate surface area is 166 Å². The molecule has 2 fully saturated rings. The molecule has 1 aromatic carbocycles. The summed E-state index contributed by atoms with van der Waals surface area (Å²) in [6.07, 6.45) is 4.60. The Morgan fingerprint density at radius 2 is 1.92 bits per heavy atom. The SMILES string of the molecule is CCSC1(CNC(=NC)NCC2(c3cccc(Cl)c3)CC2)CCOCC1. The molecule has 0 aromatic heterocycles. The zero-order valence-corrected chi connectivity index (χ0v) is 17.4. The highest BCUT2D eigenvalue weighted by atomic mass is 35.5. The third-order valence-electron chi connectivity index (χ3n) is 5.54. The van der Waals surface area contributed by atoms with Crippen LogP contribution in [0.1, 0.15) is 38.2 Å². The van der Waals surface area contributed by atoms with Crippen LogP contribution in [0.2, 0.25) is 5.02 Å². The molecule has 0 radical (unpaired) electrons. The van der Waals surface area contributed by atoms with Gasteiger partial charge in [-0.3, -0.25) is 4.99 Å². The molecule has 1 saturated carbocycles. The van der Waals surface area contributed by atoms with E-state index in [1.54, 1.807) is 0 Å². The third kappa shape index (κ3) is 4.87. The Kier molecular flexibility index (Phi) is 6.76. The van der Waals surface area contributed by atoms with Crippen molar-refractivity contribution in [1.29, 1.82) is 0 Å². The number of aliphatic imine (C=N–C) groups is 1. The molecule has 26 heavy (non-hydrogen) atoms. The number of rotatable bonds is 7. The molecular weight excluding hydrogens is 366 g/mol. The lowest BCUT2D eigenvalue weighted by Gasteiger charge is -2.37. The summed E-state index contributed by atoms with van der Waals surface area (Å²) in [6.45, 7) is 5.77. The van der Waals surface area contributed by atoms with Gasteiger partial charge in [0, 0.05) is 48.5 Å². The molecule has 1 aliphatic heterocycles. The van der Waals surface area contributed by atoms with Crippen molar-refractivity contribution in [2.75, 3.05) is 39.1 Å². The van der Waals surface area contributed by atoms with Gasteiger partial charge < -0.3 is 15.4 Å². The van der Waals surface area contributed by atoms with Gasteiger partial charge in [0.25, 0.3) is 0 Å². The molecule has 2 aliphatic rings. The highest BCUT2D eigenvalue weighted by Crippen LogP contribution is 2.48. The number of benzene rings is 1. The minimum absolute atomic E-state index is 0.205. The first-order valence-electron chi connectivity index (χ1n) is 9.54. The first kappa shape index (κ1) is 19.8. The quantitative estimate of drug-likeness (QED) is 0.544. The zero-order valence-electron chi connectivity index (χ0n) is 15.8. The number of nitrogens with zero attached hydrogens (tertiary/aromatic N) is 1. The van der Waals surface area contributed by atoms with Crippen LogP contribution < -0.4 is 10.6 Å². The van der Waals surface area contributed by atoms with Gasteiger partial charge in [0.2, 0.25) is 0 Å². The molecule has 6 heteroatoms. The first-order valence-corrected chi connectivity index (χ1v) is 10.9. The van der Waals surface area contributed by atoms with Crippen LogP contribution in [0.5, 0.6) is 0 Å². The van der Waals surface area contributed by atoms with E-state index in [0.717, 1.165) is 55.9 Å². The van der Waals surface area contributed by atoms with E-state index in [2.05, 4.69) is 34.7 Å². The number of hydrogen-bond acceptors (Lipinski definition) is 3. The molecule has 1 saturated heterocycles. The standard InChI is InChI=1S/C20H30ClN3OS/c1-3-26-20(9-11-25-12-10-20)15-24-18(22-2)23-14-19(7-8-19)16-5-4-6-17(21)13-16/h4-6,13H,3,7-12,14-15H2,1-2H3,(H2,22,23,24). The Bertz CT molecular complexity index is 622. The van der Waals surface area contributed by atoms with Crippen LogP contribution in [0.4, 0.5) is 0 Å². The summed E-state index contributed by atoms with van der Waals surface area (Å²) < 4.78 is 5.82. The lowest BCUT2D eigenvalue weighted by Crippen LogP contribution is -2.49. The van der Waals surface area contributed by atoms with Crippen molar-refractivity contribution in [2.45, 2.75) is 42.8 Å². The van der Waals surface area contributed by atoms with E-state index < -0.39 is 0 Å². The highest BCUT2D eigenvalue weighted by molar-refractivity contribution is 8.00. The Hall–Kier alpha value is -0.910. The molecule has 0 bridgehead atoms. The topological polar surface area (TPSA) is 45.7 Å². The molecule has 4 nitrogen and oxygen atoms in total. The molecule has 3 rings (SSSR count). The molecule has 0 spiro atoms. The largest absolute Gasteiger partial charge is 0.381 e. The Balaban J connectivity index is 1.55. The molecule has 1 aromatic rings. The Morgan fingerprint density at radius 1 is 1.19 bits per heavy atom. The van der Waals surface area contributed by atoms with Crippen LogP contribution in [-0.2, 0) is 10.2 Å². The average Bonchev–Trinajstić information content (AvgIpc) is 3.44. The van der Waals surface area contributed by atoms with Crippen molar-refractivity contribution in [1.82, 2.24) is 10.6 Å². The summed E-state index contributed by atoms with van der Waals surface area (Å²) >= 11 is 8.23. The van der Waals surface area contributed by atoms with Crippen molar-refractivity contribution in [3.8, 4) is 0 Å². The van der Waals surface area contributed by atoms with Gasteiger partial charge in [-0.1, -0.05) is 30.7 Å². The number of hydrogen-bond donors (Lipinski definition) is 2. The predicted molar refractivity (Wildman–Crippen MR) is 113 cm³/mol. The van der Waals surface area contributed by atoms with Gasteiger partial charge in [0.15, 0.2) is 5.96 Å².